The summed E-state index contributed by atoms with van der Waals surface area (Å²) in [5.41, 5.74) is 0. The molecule has 0 aliphatic heterocycles. The summed E-state index contributed by atoms with van der Waals surface area (Å²) >= 11 is 0. The first-order valence-corrected chi connectivity index (χ1v) is 5.67. The molecule has 1 aromatic rings. The van der Waals surface area contributed by atoms with Gasteiger partial charge in [0.2, 0.25) is 11.8 Å². The minimum atomic E-state index is -2.61. The summed E-state index contributed by atoms with van der Waals surface area (Å²) in [7, 11) is 0. The summed E-state index contributed by atoms with van der Waals surface area (Å²) in [6.45, 7) is 0.0386. The molecule has 18 heavy (non-hydrogen) atoms. The fourth-order valence-corrected chi connectivity index (χ4v) is 2.79. The zero-order valence-corrected chi connectivity index (χ0v) is 9.28. The number of carbonyl (C=O) groups excluding carboxylic acids is 1. The lowest BCUT2D eigenvalue weighted by molar-refractivity contribution is -0.124. The lowest BCUT2D eigenvalue weighted by Crippen LogP contribution is -2.28. The van der Waals surface area contributed by atoms with Crippen molar-refractivity contribution in [3.63, 3.8) is 0 Å². The maximum atomic E-state index is 12.9. The SMILES string of the molecule is O=C(NCc1noc(=O)[nH]1)C1[C@H]2CC(F)(F)C[C@@H]12. The number of hydrogen-bond acceptors (Lipinski definition) is 4. The van der Waals surface area contributed by atoms with Crippen molar-refractivity contribution >= 4 is 5.91 Å². The fourth-order valence-electron chi connectivity index (χ4n) is 2.79. The summed E-state index contributed by atoms with van der Waals surface area (Å²) in [6.07, 6.45) is -0.396. The average molecular weight is 259 g/mol. The van der Waals surface area contributed by atoms with Crippen molar-refractivity contribution in [2.24, 2.45) is 17.8 Å². The Balaban J connectivity index is 1.51. The average Bonchev–Trinajstić information content (AvgIpc) is 2.65. The van der Waals surface area contributed by atoms with Crippen LogP contribution in [0.5, 0.6) is 0 Å². The molecule has 2 saturated carbocycles. The maximum Gasteiger partial charge on any atom is 0.438 e. The third-order valence-corrected chi connectivity index (χ3v) is 3.62. The van der Waals surface area contributed by atoms with E-state index in [-0.39, 0.29) is 48.9 Å². The number of hydrogen-bond donors (Lipinski definition) is 2. The van der Waals surface area contributed by atoms with Crippen molar-refractivity contribution in [2.75, 3.05) is 0 Å². The molecular weight excluding hydrogens is 248 g/mol. The van der Waals surface area contributed by atoms with Crippen LogP contribution in [0.2, 0.25) is 0 Å². The molecule has 2 fully saturated rings. The first-order chi connectivity index (χ1) is 8.46. The molecule has 3 atom stereocenters. The largest absolute Gasteiger partial charge is 0.438 e. The molecule has 1 unspecified atom stereocenters. The van der Waals surface area contributed by atoms with Crippen molar-refractivity contribution in [1.29, 1.82) is 0 Å². The molecule has 2 aliphatic rings. The van der Waals surface area contributed by atoms with Crippen molar-refractivity contribution in [3.8, 4) is 0 Å². The summed E-state index contributed by atoms with van der Waals surface area (Å²) in [5, 5.41) is 5.94. The van der Waals surface area contributed by atoms with E-state index in [2.05, 4.69) is 20.0 Å². The molecule has 0 spiro atoms. The molecule has 2 N–H and O–H groups in total. The normalized spacial score (nSPS) is 32.0. The van der Waals surface area contributed by atoms with Gasteiger partial charge in [-0.1, -0.05) is 5.16 Å². The van der Waals surface area contributed by atoms with E-state index >= 15 is 0 Å². The van der Waals surface area contributed by atoms with Gasteiger partial charge < -0.3 is 5.32 Å². The van der Waals surface area contributed by atoms with Gasteiger partial charge in [-0.25, -0.2) is 13.6 Å². The molecule has 1 heterocycles. The molecular formula is C10H11F2N3O3. The minimum absolute atomic E-state index is 0.0386. The maximum absolute atomic E-state index is 12.9. The van der Waals surface area contributed by atoms with Crippen molar-refractivity contribution in [3.05, 3.63) is 16.4 Å². The second-order valence-electron chi connectivity index (χ2n) is 4.88. The van der Waals surface area contributed by atoms with Crippen LogP contribution in [0.1, 0.15) is 18.7 Å². The van der Waals surface area contributed by atoms with Gasteiger partial charge in [-0.3, -0.25) is 14.3 Å². The Morgan fingerprint density at radius 1 is 1.50 bits per heavy atom. The van der Waals surface area contributed by atoms with E-state index in [0.29, 0.717) is 0 Å². The van der Waals surface area contributed by atoms with Gasteiger partial charge in [0.25, 0.3) is 0 Å². The number of H-pyrrole nitrogens is 1. The van der Waals surface area contributed by atoms with Gasteiger partial charge in [-0.15, -0.1) is 0 Å². The number of nitrogens with zero attached hydrogens (tertiary/aromatic N) is 1. The number of fused-ring (bicyclic) bond motifs is 1. The molecule has 0 bridgehead atoms. The van der Waals surface area contributed by atoms with Crippen LogP contribution in [0.4, 0.5) is 8.78 Å². The highest BCUT2D eigenvalue weighted by molar-refractivity contribution is 5.82. The van der Waals surface area contributed by atoms with Gasteiger partial charge in [0, 0.05) is 18.8 Å². The molecule has 0 saturated heterocycles. The monoisotopic (exact) mass is 259 g/mol. The molecule has 0 aromatic carbocycles. The number of carbonyl (C=O) groups is 1. The molecule has 8 heteroatoms. The summed E-state index contributed by atoms with van der Waals surface area (Å²) in [4.78, 5) is 24.6. The number of halogens is 2. The topological polar surface area (TPSA) is 88.0 Å². The van der Waals surface area contributed by atoms with Crippen LogP contribution in [0.15, 0.2) is 9.32 Å². The zero-order chi connectivity index (χ0) is 12.9. The number of rotatable bonds is 3. The summed E-state index contributed by atoms with van der Waals surface area (Å²) in [6, 6.07) is 0. The lowest BCUT2D eigenvalue weighted by atomic mass is 10.1. The van der Waals surface area contributed by atoms with Crippen LogP contribution in [-0.2, 0) is 11.3 Å². The molecule has 98 valence electrons. The van der Waals surface area contributed by atoms with Crippen LogP contribution in [0, 0.1) is 17.8 Å². The van der Waals surface area contributed by atoms with Gasteiger partial charge in [0.05, 0.1) is 6.54 Å². The molecule has 1 aromatic heterocycles. The molecule has 1 amide bonds. The zero-order valence-electron chi connectivity index (χ0n) is 9.28. The second-order valence-corrected chi connectivity index (χ2v) is 4.88. The van der Waals surface area contributed by atoms with Crippen LogP contribution in [0.3, 0.4) is 0 Å². The number of nitrogens with one attached hydrogen (secondary N) is 2. The number of aromatic amines is 1. The van der Waals surface area contributed by atoms with E-state index in [1.165, 1.54) is 0 Å². The van der Waals surface area contributed by atoms with Gasteiger partial charge >= 0.3 is 5.76 Å². The standard InChI is InChI=1S/C10H11F2N3O3/c11-10(12)1-4-5(2-10)7(4)8(16)13-3-6-14-9(17)18-15-6/h4-5,7H,1-3H2,(H,13,16)(H,14,15,17)/t4-,5+,7?. The number of aromatic nitrogens is 2. The smallest absolute Gasteiger partial charge is 0.348 e. The van der Waals surface area contributed by atoms with E-state index in [1.54, 1.807) is 0 Å². The van der Waals surface area contributed by atoms with Crippen LogP contribution >= 0.6 is 0 Å². The third-order valence-electron chi connectivity index (χ3n) is 3.62. The predicted molar refractivity (Wildman–Crippen MR) is 53.6 cm³/mol. The second kappa shape index (κ2) is 3.63. The Morgan fingerprint density at radius 2 is 2.17 bits per heavy atom. The molecule has 6 nitrogen and oxygen atoms in total. The summed E-state index contributed by atoms with van der Waals surface area (Å²) < 4.78 is 30.1. The highest BCUT2D eigenvalue weighted by atomic mass is 19.3. The lowest BCUT2D eigenvalue weighted by Gasteiger charge is -2.12. The Bertz CT molecular complexity index is 524. The quantitative estimate of drug-likeness (QED) is 0.815. The molecule has 3 rings (SSSR count). The van der Waals surface area contributed by atoms with E-state index in [9.17, 15) is 18.4 Å². The predicted octanol–water partition coefficient (Wildman–Crippen LogP) is 0.270. The van der Waals surface area contributed by atoms with E-state index in [0.717, 1.165) is 0 Å². The first kappa shape index (κ1) is 11.4. The first-order valence-electron chi connectivity index (χ1n) is 5.67. The van der Waals surface area contributed by atoms with Gasteiger partial charge in [-0.05, 0) is 11.8 Å². The van der Waals surface area contributed by atoms with E-state index < -0.39 is 11.7 Å². The van der Waals surface area contributed by atoms with Gasteiger partial charge in [0.15, 0.2) is 5.82 Å². The number of amides is 1. The van der Waals surface area contributed by atoms with Gasteiger partial charge in [0.1, 0.15) is 0 Å². The van der Waals surface area contributed by atoms with Crippen LogP contribution in [-0.4, -0.2) is 22.0 Å². The van der Waals surface area contributed by atoms with Crippen molar-refractivity contribution < 1.29 is 18.1 Å². The molecule has 0 radical (unpaired) electrons. The Kier molecular flexibility index (Phi) is 2.29. The van der Waals surface area contributed by atoms with Gasteiger partial charge in [-0.2, -0.15) is 0 Å². The molecule has 2 aliphatic carbocycles. The Morgan fingerprint density at radius 3 is 2.72 bits per heavy atom. The van der Waals surface area contributed by atoms with Crippen LogP contribution < -0.4 is 11.1 Å². The Labute approximate surface area is 99.7 Å². The van der Waals surface area contributed by atoms with Crippen LogP contribution in [0.25, 0.3) is 0 Å². The van der Waals surface area contributed by atoms with E-state index in [4.69, 9.17) is 0 Å². The van der Waals surface area contributed by atoms with E-state index in [1.807, 2.05) is 0 Å². The van der Waals surface area contributed by atoms with Crippen molar-refractivity contribution in [1.82, 2.24) is 15.5 Å². The number of alkyl halides is 2. The summed E-state index contributed by atoms with van der Waals surface area (Å²) in [5.74, 6) is -4.06. The minimum Gasteiger partial charge on any atom is -0.348 e. The highest BCUT2D eigenvalue weighted by Crippen LogP contribution is 2.62. The Hall–Kier alpha value is -1.73. The van der Waals surface area contributed by atoms with Crippen molar-refractivity contribution in [2.45, 2.75) is 25.3 Å². The highest BCUT2D eigenvalue weighted by Gasteiger charge is 2.65. The fraction of sp³-hybridized carbons (Fsp3) is 0.700. The third kappa shape index (κ3) is 1.91.